The minimum Gasteiger partial charge on any atom is -0.449 e. The van der Waals surface area contributed by atoms with Gasteiger partial charge in [0.05, 0.1) is 19.2 Å². The third kappa shape index (κ3) is 6.28. The number of ether oxygens (including phenoxy) is 1. The highest BCUT2D eigenvalue weighted by Gasteiger charge is 2.38. The lowest BCUT2D eigenvalue weighted by atomic mass is 9.99. The van der Waals surface area contributed by atoms with Crippen LogP contribution in [0, 0.1) is 5.92 Å². The molecule has 2 aliphatic carbocycles. The van der Waals surface area contributed by atoms with Crippen molar-refractivity contribution in [3.63, 3.8) is 0 Å². The molecule has 2 saturated carbocycles. The van der Waals surface area contributed by atoms with Gasteiger partial charge in [0.15, 0.2) is 0 Å². The Balaban J connectivity index is 1.54. The van der Waals surface area contributed by atoms with Crippen LogP contribution in [0.1, 0.15) is 95.2 Å². The van der Waals surface area contributed by atoms with E-state index in [1.807, 2.05) is 11.0 Å². The first kappa shape index (κ1) is 26.4. The molecule has 2 fully saturated rings. The van der Waals surface area contributed by atoms with Gasteiger partial charge >= 0.3 is 6.09 Å². The largest absolute Gasteiger partial charge is 0.449 e. The summed E-state index contributed by atoms with van der Waals surface area (Å²) in [5, 5.41) is 1.48. The van der Waals surface area contributed by atoms with Crippen molar-refractivity contribution in [1.82, 2.24) is 4.90 Å². The van der Waals surface area contributed by atoms with E-state index < -0.39 is 0 Å². The second-order valence-corrected chi connectivity index (χ2v) is 14.2. The van der Waals surface area contributed by atoms with E-state index in [0.29, 0.717) is 19.1 Å². The number of amidine groups is 1. The van der Waals surface area contributed by atoms with Crippen LogP contribution in [-0.4, -0.2) is 41.3 Å². The van der Waals surface area contributed by atoms with Crippen molar-refractivity contribution >= 4 is 25.2 Å². The van der Waals surface area contributed by atoms with Crippen LogP contribution in [0.4, 0.5) is 4.79 Å². The van der Waals surface area contributed by atoms with Crippen LogP contribution in [0.25, 0.3) is 0 Å². The van der Waals surface area contributed by atoms with Crippen molar-refractivity contribution in [1.29, 1.82) is 0 Å². The second kappa shape index (κ2) is 12.6. The molecule has 5 rings (SSSR count). The summed E-state index contributed by atoms with van der Waals surface area (Å²) in [6, 6.07) is 19.3. The molecule has 0 radical (unpaired) electrons. The van der Waals surface area contributed by atoms with E-state index >= 15 is 0 Å². The zero-order chi connectivity index (χ0) is 25.6. The van der Waals surface area contributed by atoms with Gasteiger partial charge in [-0.2, -0.15) is 0 Å². The highest BCUT2D eigenvalue weighted by Crippen LogP contribution is 2.55. The quantitative estimate of drug-likeness (QED) is 0.348. The fourth-order valence-electron chi connectivity index (χ4n) is 6.36. The summed E-state index contributed by atoms with van der Waals surface area (Å²) < 4.78 is 5.77. The lowest BCUT2D eigenvalue weighted by Crippen LogP contribution is -2.39. The number of amides is 1. The Bertz CT molecular complexity index is 1040. The number of nitrogens with zero attached hydrogens (tertiary/aromatic N) is 2. The summed E-state index contributed by atoms with van der Waals surface area (Å²) in [5.74, 6) is 1.12. The van der Waals surface area contributed by atoms with Gasteiger partial charge in [-0.1, -0.05) is 115 Å². The molecule has 5 heteroatoms. The van der Waals surface area contributed by atoms with Crippen molar-refractivity contribution in [2.24, 2.45) is 10.9 Å². The number of hydrogen-bond donors (Lipinski definition) is 0. The fraction of sp³-hybridized carbons (Fsp3) is 0.562. The average molecular weight is 519 g/mol. The predicted molar refractivity (Wildman–Crippen MR) is 155 cm³/mol. The molecule has 1 heterocycles. The molecule has 0 aromatic heterocycles. The summed E-state index contributed by atoms with van der Waals surface area (Å²) in [7, 11) is -0.314. The smallest absolute Gasteiger partial charge is 0.415 e. The Morgan fingerprint density at radius 1 is 0.892 bits per heavy atom. The maximum atomic E-state index is 13.4. The summed E-state index contributed by atoms with van der Waals surface area (Å²) in [5.41, 5.74) is 3.91. The summed E-state index contributed by atoms with van der Waals surface area (Å²) >= 11 is 0. The summed E-state index contributed by atoms with van der Waals surface area (Å²) in [6.45, 7) is 5.12. The van der Waals surface area contributed by atoms with E-state index in [2.05, 4.69) is 62.4 Å². The van der Waals surface area contributed by atoms with E-state index in [1.165, 1.54) is 75.1 Å². The Labute approximate surface area is 224 Å². The molecule has 1 atom stereocenters. The normalized spacial score (nSPS) is 21.5. The topological polar surface area (TPSA) is 41.9 Å². The van der Waals surface area contributed by atoms with Gasteiger partial charge in [0, 0.05) is 5.56 Å². The van der Waals surface area contributed by atoms with Gasteiger partial charge < -0.3 is 4.74 Å². The Kier molecular flexibility index (Phi) is 8.98. The van der Waals surface area contributed by atoms with Gasteiger partial charge in [0.2, 0.25) is 0 Å². The fourth-order valence-corrected chi connectivity index (χ4v) is 10.3. The number of hydrogen-bond acceptors (Lipinski definition) is 3. The van der Waals surface area contributed by atoms with Crippen LogP contribution in [0.2, 0.25) is 0 Å². The van der Waals surface area contributed by atoms with E-state index in [1.54, 1.807) is 0 Å². The van der Waals surface area contributed by atoms with Gasteiger partial charge in [-0.05, 0) is 53.8 Å². The Hall–Kier alpha value is -2.19. The number of aliphatic imine (C=N–C) groups is 1. The van der Waals surface area contributed by atoms with E-state index in [0.717, 1.165) is 22.7 Å². The Morgan fingerprint density at radius 2 is 1.49 bits per heavy atom. The first-order chi connectivity index (χ1) is 18.1. The second-order valence-electron chi connectivity index (χ2n) is 11.5. The van der Waals surface area contributed by atoms with Gasteiger partial charge in [0.1, 0.15) is 5.84 Å². The van der Waals surface area contributed by atoms with Crippen molar-refractivity contribution in [3.8, 4) is 0 Å². The monoisotopic (exact) mass is 518 g/mol. The van der Waals surface area contributed by atoms with Crippen LogP contribution in [-0.2, 0) is 4.74 Å². The van der Waals surface area contributed by atoms with Crippen LogP contribution in [0.3, 0.4) is 0 Å². The van der Waals surface area contributed by atoms with Crippen LogP contribution < -0.4 is 5.30 Å². The molecule has 37 heavy (non-hydrogen) atoms. The van der Waals surface area contributed by atoms with E-state index in [4.69, 9.17) is 9.73 Å². The SMILES string of the molecule is CC(C)COC(=O)N1CC(c2ccccc2)N=C1c1ccccc1P(C1CCCCC1)C1CCCCC1. The molecular formula is C32H43N2O2P. The third-order valence-corrected chi connectivity index (χ3v) is 11.7. The standard InChI is InChI=1S/C32H43N2O2P/c1-24(2)23-36-32(35)34-22-29(25-14-6-3-7-15-25)33-31(34)28-20-12-13-21-30(28)37(26-16-8-4-9-17-26)27-18-10-5-11-19-27/h3,6-7,12-15,20-21,24,26-27,29H,4-5,8-11,16-19,22-23H2,1-2H3. The van der Waals surface area contributed by atoms with Crippen LogP contribution in [0.5, 0.6) is 0 Å². The molecule has 4 nitrogen and oxygen atoms in total. The number of carbonyl (C=O) groups excluding carboxylic acids is 1. The molecule has 2 aromatic rings. The predicted octanol–water partition coefficient (Wildman–Crippen LogP) is 8.06. The van der Waals surface area contributed by atoms with Crippen molar-refractivity contribution in [3.05, 3.63) is 65.7 Å². The Morgan fingerprint density at radius 3 is 2.11 bits per heavy atom. The maximum Gasteiger partial charge on any atom is 0.415 e. The van der Waals surface area contributed by atoms with Gasteiger partial charge in [-0.15, -0.1) is 0 Å². The molecule has 1 amide bonds. The zero-order valence-electron chi connectivity index (χ0n) is 22.6. The number of benzene rings is 2. The zero-order valence-corrected chi connectivity index (χ0v) is 23.5. The molecule has 198 valence electrons. The van der Waals surface area contributed by atoms with E-state index in [-0.39, 0.29) is 20.1 Å². The first-order valence-corrected chi connectivity index (χ1v) is 16.0. The van der Waals surface area contributed by atoms with Crippen molar-refractivity contribution < 1.29 is 9.53 Å². The highest BCUT2D eigenvalue weighted by molar-refractivity contribution is 7.67. The summed E-state index contributed by atoms with van der Waals surface area (Å²) in [4.78, 5) is 20.5. The molecule has 0 bridgehead atoms. The van der Waals surface area contributed by atoms with Crippen LogP contribution in [0.15, 0.2) is 59.6 Å². The van der Waals surface area contributed by atoms with Crippen molar-refractivity contribution in [2.75, 3.05) is 13.2 Å². The van der Waals surface area contributed by atoms with Crippen molar-refractivity contribution in [2.45, 2.75) is 95.4 Å². The molecular weight excluding hydrogens is 475 g/mol. The minimum atomic E-state index is -0.314. The molecule has 1 aliphatic heterocycles. The molecule has 0 saturated heterocycles. The number of carbonyl (C=O) groups is 1. The minimum absolute atomic E-state index is 0.0635. The lowest BCUT2D eigenvalue weighted by Gasteiger charge is -2.39. The molecule has 0 N–H and O–H groups in total. The van der Waals surface area contributed by atoms with Gasteiger partial charge in [-0.25, -0.2) is 4.79 Å². The highest BCUT2D eigenvalue weighted by atomic mass is 31.1. The molecule has 3 aliphatic rings. The van der Waals surface area contributed by atoms with Gasteiger partial charge in [0.25, 0.3) is 0 Å². The lowest BCUT2D eigenvalue weighted by molar-refractivity contribution is 0.112. The molecule has 2 aromatic carbocycles. The van der Waals surface area contributed by atoms with Crippen LogP contribution >= 0.6 is 7.92 Å². The van der Waals surface area contributed by atoms with Gasteiger partial charge in [-0.3, -0.25) is 9.89 Å². The molecule has 1 unspecified atom stereocenters. The number of rotatable bonds is 7. The third-order valence-electron chi connectivity index (χ3n) is 8.19. The molecule has 0 spiro atoms. The average Bonchev–Trinajstić information content (AvgIpc) is 3.39. The first-order valence-electron chi connectivity index (χ1n) is 14.6. The van der Waals surface area contributed by atoms with E-state index in [9.17, 15) is 4.79 Å². The maximum absolute atomic E-state index is 13.4. The summed E-state index contributed by atoms with van der Waals surface area (Å²) in [6.07, 6.45) is 13.4.